The number of anilines is 1. The SMILES string of the molecule is CCN(c1ccc(S(=O)(=O)N(C)C)cc1C(=O)O)C(C)C. The first kappa shape index (κ1) is 17.5. The van der Waals surface area contributed by atoms with E-state index in [4.69, 9.17) is 0 Å². The fourth-order valence-corrected chi connectivity index (χ4v) is 3.05. The highest BCUT2D eigenvalue weighted by molar-refractivity contribution is 7.89. The number of carbonyl (C=O) groups is 1. The summed E-state index contributed by atoms with van der Waals surface area (Å²) in [7, 11) is -0.825. The molecule has 118 valence electrons. The molecule has 0 bridgehead atoms. The van der Waals surface area contributed by atoms with Crippen LogP contribution in [0.4, 0.5) is 5.69 Å². The average molecular weight is 314 g/mol. The highest BCUT2D eigenvalue weighted by atomic mass is 32.2. The second-order valence-electron chi connectivity index (χ2n) is 5.15. The molecule has 0 aliphatic heterocycles. The van der Waals surface area contributed by atoms with Gasteiger partial charge in [-0.25, -0.2) is 17.5 Å². The van der Waals surface area contributed by atoms with Crippen LogP contribution < -0.4 is 4.90 Å². The molecule has 0 aliphatic rings. The fourth-order valence-electron chi connectivity index (χ4n) is 2.12. The molecule has 0 spiro atoms. The van der Waals surface area contributed by atoms with Crippen molar-refractivity contribution in [1.29, 1.82) is 0 Å². The molecule has 1 aromatic carbocycles. The van der Waals surface area contributed by atoms with Gasteiger partial charge >= 0.3 is 5.97 Å². The summed E-state index contributed by atoms with van der Waals surface area (Å²) in [5.74, 6) is -1.14. The Balaban J connectivity index is 3.49. The van der Waals surface area contributed by atoms with E-state index in [1.165, 1.54) is 26.2 Å². The zero-order valence-electron chi connectivity index (χ0n) is 13.0. The van der Waals surface area contributed by atoms with Crippen molar-refractivity contribution in [2.45, 2.75) is 31.7 Å². The summed E-state index contributed by atoms with van der Waals surface area (Å²) < 4.78 is 25.3. The van der Waals surface area contributed by atoms with Crippen LogP contribution in [0.15, 0.2) is 23.1 Å². The third kappa shape index (κ3) is 3.54. The summed E-state index contributed by atoms with van der Waals surface area (Å²) in [4.78, 5) is 13.4. The van der Waals surface area contributed by atoms with Crippen molar-refractivity contribution in [1.82, 2.24) is 4.31 Å². The number of sulfonamides is 1. The van der Waals surface area contributed by atoms with Crippen LogP contribution in [0.3, 0.4) is 0 Å². The predicted octanol–water partition coefficient (Wildman–Crippen LogP) is 1.87. The van der Waals surface area contributed by atoms with E-state index in [1.807, 2.05) is 25.7 Å². The van der Waals surface area contributed by atoms with Gasteiger partial charge in [-0.3, -0.25) is 0 Å². The third-order valence-electron chi connectivity index (χ3n) is 3.25. The van der Waals surface area contributed by atoms with Crippen molar-refractivity contribution >= 4 is 21.7 Å². The number of carboxylic acids is 1. The number of benzene rings is 1. The predicted molar refractivity (Wildman–Crippen MR) is 82.4 cm³/mol. The van der Waals surface area contributed by atoms with Gasteiger partial charge in [0.2, 0.25) is 10.0 Å². The molecule has 0 saturated heterocycles. The lowest BCUT2D eigenvalue weighted by molar-refractivity contribution is 0.0697. The molecule has 0 aromatic heterocycles. The minimum absolute atomic E-state index is 0.00604. The van der Waals surface area contributed by atoms with Crippen molar-refractivity contribution < 1.29 is 18.3 Å². The molecule has 0 amide bonds. The first-order valence-electron chi connectivity index (χ1n) is 6.69. The number of nitrogens with zero attached hydrogens (tertiary/aromatic N) is 2. The van der Waals surface area contributed by atoms with Crippen molar-refractivity contribution in [3.63, 3.8) is 0 Å². The van der Waals surface area contributed by atoms with Gasteiger partial charge in [-0.15, -0.1) is 0 Å². The molecule has 0 fully saturated rings. The van der Waals surface area contributed by atoms with E-state index in [0.717, 1.165) is 4.31 Å². The van der Waals surface area contributed by atoms with Crippen molar-refractivity contribution in [3.8, 4) is 0 Å². The van der Waals surface area contributed by atoms with Gasteiger partial charge in [0.15, 0.2) is 0 Å². The van der Waals surface area contributed by atoms with Crippen LogP contribution in [0.5, 0.6) is 0 Å². The van der Waals surface area contributed by atoms with Crippen LogP contribution in [0, 0.1) is 0 Å². The molecular weight excluding hydrogens is 292 g/mol. The van der Waals surface area contributed by atoms with Gasteiger partial charge in [0.05, 0.1) is 16.1 Å². The smallest absolute Gasteiger partial charge is 0.337 e. The minimum Gasteiger partial charge on any atom is -0.478 e. The van der Waals surface area contributed by atoms with Gasteiger partial charge in [-0.2, -0.15) is 0 Å². The molecular formula is C14H22N2O4S. The Morgan fingerprint density at radius 1 is 1.29 bits per heavy atom. The van der Waals surface area contributed by atoms with Crippen LogP contribution in [-0.4, -0.2) is 50.5 Å². The molecule has 1 rings (SSSR count). The first-order valence-corrected chi connectivity index (χ1v) is 8.13. The van der Waals surface area contributed by atoms with E-state index in [2.05, 4.69) is 0 Å². The Morgan fingerprint density at radius 2 is 1.86 bits per heavy atom. The maximum absolute atomic E-state index is 12.1. The number of hydrogen-bond donors (Lipinski definition) is 1. The molecule has 1 aromatic rings. The van der Waals surface area contributed by atoms with Crippen LogP contribution in [0.2, 0.25) is 0 Å². The highest BCUT2D eigenvalue weighted by Crippen LogP contribution is 2.26. The van der Waals surface area contributed by atoms with Gasteiger partial charge in [-0.05, 0) is 39.0 Å². The Bertz CT molecular complexity index is 624. The third-order valence-corrected chi connectivity index (χ3v) is 5.06. The van der Waals surface area contributed by atoms with Crippen molar-refractivity contribution in [2.75, 3.05) is 25.5 Å². The van der Waals surface area contributed by atoms with Crippen LogP contribution >= 0.6 is 0 Å². The van der Waals surface area contributed by atoms with E-state index in [9.17, 15) is 18.3 Å². The zero-order valence-corrected chi connectivity index (χ0v) is 13.8. The lowest BCUT2D eigenvalue weighted by atomic mass is 10.1. The lowest BCUT2D eigenvalue weighted by Gasteiger charge is -2.29. The molecule has 0 aliphatic carbocycles. The molecule has 0 heterocycles. The standard InChI is InChI=1S/C14H22N2O4S/c1-6-16(10(2)3)13-8-7-11(9-12(13)14(17)18)21(19,20)15(4)5/h7-10H,6H2,1-5H3,(H,17,18). The number of aromatic carboxylic acids is 1. The Labute approximate surface area is 126 Å². The summed E-state index contributed by atoms with van der Waals surface area (Å²) in [5.41, 5.74) is 0.520. The second-order valence-corrected chi connectivity index (χ2v) is 7.30. The summed E-state index contributed by atoms with van der Waals surface area (Å²) in [6, 6.07) is 4.34. The zero-order chi connectivity index (χ0) is 16.4. The summed E-state index contributed by atoms with van der Waals surface area (Å²) in [6.45, 7) is 6.48. The van der Waals surface area contributed by atoms with Gasteiger partial charge < -0.3 is 10.0 Å². The molecule has 0 unspecified atom stereocenters. The largest absolute Gasteiger partial charge is 0.478 e. The van der Waals surface area contributed by atoms with Gasteiger partial charge in [0, 0.05) is 26.7 Å². The molecule has 7 heteroatoms. The van der Waals surface area contributed by atoms with Crippen LogP contribution in [0.1, 0.15) is 31.1 Å². The van der Waals surface area contributed by atoms with Crippen LogP contribution in [0.25, 0.3) is 0 Å². The molecule has 1 N–H and O–H groups in total. The number of carboxylic acid groups (broad SMARTS) is 1. The van der Waals surface area contributed by atoms with Gasteiger partial charge in [0.25, 0.3) is 0 Å². The summed E-state index contributed by atoms with van der Waals surface area (Å²) in [5, 5.41) is 9.39. The Kier molecular flexibility index (Phi) is 5.36. The van der Waals surface area contributed by atoms with Crippen LogP contribution in [-0.2, 0) is 10.0 Å². The maximum Gasteiger partial charge on any atom is 0.337 e. The quantitative estimate of drug-likeness (QED) is 0.867. The minimum atomic E-state index is -3.65. The summed E-state index contributed by atoms with van der Waals surface area (Å²) >= 11 is 0. The second kappa shape index (κ2) is 6.44. The molecule has 0 radical (unpaired) electrons. The molecule has 0 atom stereocenters. The Hall–Kier alpha value is -1.60. The molecule has 21 heavy (non-hydrogen) atoms. The highest BCUT2D eigenvalue weighted by Gasteiger charge is 2.23. The normalized spacial score (nSPS) is 12.0. The van der Waals surface area contributed by atoms with E-state index in [1.54, 1.807) is 6.07 Å². The van der Waals surface area contributed by atoms with Crippen molar-refractivity contribution in [2.24, 2.45) is 0 Å². The van der Waals surface area contributed by atoms with Gasteiger partial charge in [0.1, 0.15) is 0 Å². The number of rotatable bonds is 6. The monoisotopic (exact) mass is 314 g/mol. The van der Waals surface area contributed by atoms with E-state index in [0.29, 0.717) is 12.2 Å². The molecule has 6 nitrogen and oxygen atoms in total. The lowest BCUT2D eigenvalue weighted by Crippen LogP contribution is -2.32. The number of hydrogen-bond acceptors (Lipinski definition) is 4. The summed E-state index contributed by atoms with van der Waals surface area (Å²) in [6.07, 6.45) is 0. The van der Waals surface area contributed by atoms with E-state index in [-0.39, 0.29) is 16.5 Å². The van der Waals surface area contributed by atoms with Crippen molar-refractivity contribution in [3.05, 3.63) is 23.8 Å². The van der Waals surface area contributed by atoms with E-state index < -0.39 is 16.0 Å². The maximum atomic E-state index is 12.1. The average Bonchev–Trinajstić information content (AvgIpc) is 2.38. The Morgan fingerprint density at radius 3 is 2.24 bits per heavy atom. The molecule has 0 saturated carbocycles. The van der Waals surface area contributed by atoms with E-state index >= 15 is 0 Å². The van der Waals surface area contributed by atoms with Gasteiger partial charge in [-0.1, -0.05) is 0 Å². The topological polar surface area (TPSA) is 77.9 Å². The first-order chi connectivity index (χ1) is 9.62. The fraction of sp³-hybridized carbons (Fsp3) is 0.500.